The van der Waals surface area contributed by atoms with E-state index >= 15 is 0 Å². The molecule has 202 valence electrons. The average molecular weight is 532 g/mol. The Hall–Kier alpha value is -4.53. The van der Waals surface area contributed by atoms with Gasteiger partial charge in [0.05, 0.1) is 42.4 Å². The molecule has 0 spiro atoms. The first-order valence-corrected chi connectivity index (χ1v) is 12.6. The number of aliphatic carboxylic acids is 1. The number of nitrogens with one attached hydrogen (secondary N) is 1. The van der Waals surface area contributed by atoms with E-state index in [0.29, 0.717) is 34.2 Å². The van der Waals surface area contributed by atoms with Gasteiger partial charge in [-0.25, -0.2) is 9.37 Å². The summed E-state index contributed by atoms with van der Waals surface area (Å²) in [5.41, 5.74) is 1.34. The van der Waals surface area contributed by atoms with E-state index in [1.807, 2.05) is 13.8 Å². The van der Waals surface area contributed by atoms with E-state index in [4.69, 9.17) is 4.74 Å². The zero-order valence-corrected chi connectivity index (χ0v) is 21.9. The van der Waals surface area contributed by atoms with E-state index < -0.39 is 36.2 Å². The molecule has 2 N–H and O–H groups in total. The van der Waals surface area contributed by atoms with Crippen molar-refractivity contribution < 1.29 is 23.8 Å². The molecule has 39 heavy (non-hydrogen) atoms. The first-order valence-electron chi connectivity index (χ1n) is 12.6. The van der Waals surface area contributed by atoms with Crippen LogP contribution in [0.25, 0.3) is 22.0 Å². The molecule has 3 aromatic carbocycles. The van der Waals surface area contributed by atoms with Crippen molar-refractivity contribution in [3.8, 4) is 16.9 Å². The molecule has 0 saturated heterocycles. The minimum Gasteiger partial charge on any atom is -0.496 e. The lowest BCUT2D eigenvalue weighted by atomic mass is 9.96. The number of benzene rings is 3. The van der Waals surface area contributed by atoms with E-state index in [-0.39, 0.29) is 17.0 Å². The predicted molar refractivity (Wildman–Crippen MR) is 146 cm³/mol. The van der Waals surface area contributed by atoms with Crippen molar-refractivity contribution >= 4 is 22.8 Å². The topological polar surface area (TPSA) is 111 Å². The van der Waals surface area contributed by atoms with Gasteiger partial charge in [-0.3, -0.25) is 19.0 Å². The summed E-state index contributed by atoms with van der Waals surface area (Å²) in [6.45, 7) is 3.86. The Balaban J connectivity index is 1.72. The Morgan fingerprint density at radius 1 is 1.08 bits per heavy atom. The maximum absolute atomic E-state index is 14.8. The third-order valence-electron chi connectivity index (χ3n) is 6.49. The molecular formula is C30H30FN3O5. The highest BCUT2D eigenvalue weighted by Gasteiger charge is 2.28. The molecule has 0 aliphatic rings. The van der Waals surface area contributed by atoms with E-state index in [9.17, 15) is 23.9 Å². The van der Waals surface area contributed by atoms with Crippen LogP contribution < -0.4 is 15.6 Å². The molecule has 0 aliphatic heterocycles. The van der Waals surface area contributed by atoms with Crippen molar-refractivity contribution in [3.05, 3.63) is 94.8 Å². The van der Waals surface area contributed by atoms with Gasteiger partial charge in [-0.1, -0.05) is 50.2 Å². The smallest absolute Gasteiger partial charge is 0.305 e. The number of carbonyl (C=O) groups excluding carboxylic acids is 1. The highest BCUT2D eigenvalue weighted by atomic mass is 19.1. The summed E-state index contributed by atoms with van der Waals surface area (Å²) in [6.07, 6.45) is 1.27. The second-order valence-corrected chi connectivity index (χ2v) is 9.72. The van der Waals surface area contributed by atoms with Gasteiger partial charge in [-0.05, 0) is 53.8 Å². The summed E-state index contributed by atoms with van der Waals surface area (Å²) in [5.74, 6) is -1.76. The first-order chi connectivity index (χ1) is 18.7. The number of ether oxygens (including phenoxy) is 1. The normalized spacial score (nSPS) is 12.7. The number of carboxylic acid groups (broad SMARTS) is 1. The number of hydrogen-bond acceptors (Lipinski definition) is 5. The molecule has 1 heterocycles. The van der Waals surface area contributed by atoms with Crippen LogP contribution in [0.15, 0.2) is 77.9 Å². The molecule has 4 aromatic rings. The monoisotopic (exact) mass is 531 g/mol. The molecular weight excluding hydrogens is 501 g/mol. The van der Waals surface area contributed by atoms with Crippen LogP contribution in [0.2, 0.25) is 0 Å². The molecule has 0 saturated carbocycles. The number of carbonyl (C=O) groups is 2. The lowest BCUT2D eigenvalue weighted by Crippen LogP contribution is -2.40. The zero-order valence-electron chi connectivity index (χ0n) is 21.9. The van der Waals surface area contributed by atoms with Crippen molar-refractivity contribution in [2.24, 2.45) is 5.92 Å². The molecule has 1 aromatic heterocycles. The van der Waals surface area contributed by atoms with Crippen LogP contribution >= 0.6 is 0 Å². The summed E-state index contributed by atoms with van der Waals surface area (Å²) in [6, 6.07) is 16.2. The number of amides is 1. The quantitative estimate of drug-likeness (QED) is 0.294. The van der Waals surface area contributed by atoms with Crippen LogP contribution in [-0.4, -0.2) is 33.6 Å². The average Bonchev–Trinajstić information content (AvgIpc) is 2.91. The lowest BCUT2D eigenvalue weighted by Gasteiger charge is -2.25. The zero-order chi connectivity index (χ0) is 28.1. The van der Waals surface area contributed by atoms with Gasteiger partial charge in [0.2, 0.25) is 5.91 Å². The van der Waals surface area contributed by atoms with Crippen LogP contribution in [0, 0.1) is 11.7 Å². The van der Waals surface area contributed by atoms with Gasteiger partial charge < -0.3 is 15.2 Å². The number of para-hydroxylation sites is 1. The Bertz CT molecular complexity index is 1570. The molecule has 9 heteroatoms. The van der Waals surface area contributed by atoms with E-state index in [1.54, 1.807) is 54.6 Å². The second kappa shape index (κ2) is 11.9. The van der Waals surface area contributed by atoms with Gasteiger partial charge in [0.1, 0.15) is 17.6 Å². The van der Waals surface area contributed by atoms with Crippen LogP contribution in [0.1, 0.15) is 44.3 Å². The van der Waals surface area contributed by atoms with Gasteiger partial charge in [0.25, 0.3) is 5.56 Å². The van der Waals surface area contributed by atoms with Gasteiger partial charge in [-0.2, -0.15) is 0 Å². The van der Waals surface area contributed by atoms with Crippen LogP contribution in [0.4, 0.5) is 4.39 Å². The molecule has 4 rings (SSSR count). The molecule has 1 amide bonds. The maximum atomic E-state index is 14.8. The molecule has 0 fully saturated rings. The molecule has 0 bridgehead atoms. The Morgan fingerprint density at radius 2 is 1.82 bits per heavy atom. The highest BCUT2D eigenvalue weighted by Crippen LogP contribution is 2.34. The summed E-state index contributed by atoms with van der Waals surface area (Å²) < 4.78 is 21.4. The largest absolute Gasteiger partial charge is 0.496 e. The SMILES string of the molecule is COc1cccc(F)c1-c1cccc(C(CC(=O)O)NC(=O)C(CC(C)C)n2cnc3ccccc3c2=O)c1. The van der Waals surface area contributed by atoms with Crippen LogP contribution in [0.3, 0.4) is 0 Å². The summed E-state index contributed by atoms with van der Waals surface area (Å²) >= 11 is 0. The number of nitrogens with zero attached hydrogens (tertiary/aromatic N) is 2. The lowest BCUT2D eigenvalue weighted by molar-refractivity contribution is -0.138. The first kappa shape index (κ1) is 27.5. The molecule has 2 unspecified atom stereocenters. The number of halogens is 1. The van der Waals surface area contributed by atoms with Crippen LogP contribution in [0.5, 0.6) is 5.75 Å². The Kier molecular flexibility index (Phi) is 8.39. The van der Waals surface area contributed by atoms with Crippen LogP contribution in [-0.2, 0) is 9.59 Å². The second-order valence-electron chi connectivity index (χ2n) is 9.72. The Morgan fingerprint density at radius 3 is 2.54 bits per heavy atom. The summed E-state index contributed by atoms with van der Waals surface area (Å²) in [5, 5.41) is 12.9. The van der Waals surface area contributed by atoms with Gasteiger partial charge in [0.15, 0.2) is 0 Å². The molecule has 0 radical (unpaired) electrons. The summed E-state index contributed by atoms with van der Waals surface area (Å²) in [7, 11) is 1.44. The number of aromatic nitrogens is 2. The number of methoxy groups -OCH3 is 1. The summed E-state index contributed by atoms with van der Waals surface area (Å²) in [4.78, 5) is 43.1. The van der Waals surface area contributed by atoms with Crippen molar-refractivity contribution in [2.75, 3.05) is 7.11 Å². The molecule has 8 nitrogen and oxygen atoms in total. The van der Waals surface area contributed by atoms with Crippen molar-refractivity contribution in [3.63, 3.8) is 0 Å². The van der Waals surface area contributed by atoms with Gasteiger partial charge in [-0.15, -0.1) is 0 Å². The maximum Gasteiger partial charge on any atom is 0.305 e. The Labute approximate surface area is 225 Å². The van der Waals surface area contributed by atoms with E-state index in [1.165, 1.54) is 30.1 Å². The number of fused-ring (bicyclic) bond motifs is 1. The number of carboxylic acids is 1. The van der Waals surface area contributed by atoms with E-state index in [2.05, 4.69) is 10.3 Å². The fourth-order valence-corrected chi connectivity index (χ4v) is 4.66. The predicted octanol–water partition coefficient (Wildman–Crippen LogP) is 5.13. The minimum absolute atomic E-state index is 0.0499. The third kappa shape index (κ3) is 6.14. The fraction of sp³-hybridized carbons (Fsp3) is 0.267. The molecule has 0 aliphatic carbocycles. The van der Waals surface area contributed by atoms with E-state index in [0.717, 1.165) is 0 Å². The fourth-order valence-electron chi connectivity index (χ4n) is 4.66. The standard InChI is InChI=1S/C30H30FN3O5/c1-18(2)14-25(34-17-32-23-12-5-4-10-21(23)30(34)38)29(37)33-24(16-27(35)36)19-8-6-9-20(15-19)28-22(31)11-7-13-26(28)39-3/h4-13,15,17-18,24-25H,14,16H2,1-3H3,(H,33,37)(H,35,36). The van der Waals surface area contributed by atoms with Crippen molar-refractivity contribution in [1.82, 2.24) is 14.9 Å². The van der Waals surface area contributed by atoms with Gasteiger partial charge in [0, 0.05) is 0 Å². The molecule has 2 atom stereocenters. The number of rotatable bonds is 10. The van der Waals surface area contributed by atoms with Crippen molar-refractivity contribution in [1.29, 1.82) is 0 Å². The third-order valence-corrected chi connectivity index (χ3v) is 6.49. The van der Waals surface area contributed by atoms with Crippen molar-refractivity contribution in [2.45, 2.75) is 38.8 Å². The number of hydrogen-bond donors (Lipinski definition) is 2. The minimum atomic E-state index is -1.13. The highest BCUT2D eigenvalue weighted by molar-refractivity contribution is 5.83. The van der Waals surface area contributed by atoms with Gasteiger partial charge >= 0.3 is 5.97 Å².